The van der Waals surface area contributed by atoms with E-state index in [1.807, 2.05) is 0 Å². The molecule has 1 saturated heterocycles. The lowest BCUT2D eigenvalue weighted by atomic mass is 10.0. The third kappa shape index (κ3) is 3.04. The van der Waals surface area contributed by atoms with E-state index in [0.29, 0.717) is 23.0 Å². The van der Waals surface area contributed by atoms with Crippen LogP contribution in [0.3, 0.4) is 0 Å². The molecule has 1 N–H and O–H groups in total. The van der Waals surface area contributed by atoms with Gasteiger partial charge < -0.3 is 10.1 Å². The number of ketones is 1. The summed E-state index contributed by atoms with van der Waals surface area (Å²) in [7, 11) is 0. The fourth-order valence-electron chi connectivity index (χ4n) is 1.75. The first-order valence-electron chi connectivity index (χ1n) is 5.45. The Kier molecular flexibility index (Phi) is 4.26. The molecule has 1 fully saturated rings. The Morgan fingerprint density at radius 1 is 1.61 bits per heavy atom. The van der Waals surface area contributed by atoms with Crippen LogP contribution >= 0.6 is 23.1 Å². The van der Waals surface area contributed by atoms with Gasteiger partial charge in [-0.05, 0) is 13.3 Å². The van der Waals surface area contributed by atoms with Crippen LogP contribution in [0.25, 0.3) is 0 Å². The van der Waals surface area contributed by atoms with Gasteiger partial charge in [-0.25, -0.2) is 0 Å². The van der Waals surface area contributed by atoms with Crippen LogP contribution < -0.4 is 5.32 Å². The summed E-state index contributed by atoms with van der Waals surface area (Å²) in [6, 6.07) is -0.427. The first kappa shape index (κ1) is 13.4. The maximum absolute atomic E-state index is 11.7. The van der Waals surface area contributed by atoms with E-state index < -0.39 is 6.04 Å². The van der Waals surface area contributed by atoms with E-state index in [9.17, 15) is 9.59 Å². The van der Waals surface area contributed by atoms with Crippen LogP contribution in [0.1, 0.15) is 19.0 Å². The van der Waals surface area contributed by atoms with Crippen molar-refractivity contribution < 1.29 is 14.3 Å². The number of halogens is 1. The maximum atomic E-state index is 11.7. The second kappa shape index (κ2) is 5.73. The largest absolute Gasteiger partial charge is 0.458 e. The number of ether oxygens (including phenoxy) is 1. The lowest BCUT2D eigenvalue weighted by molar-refractivity contribution is -0.147. The highest BCUT2D eigenvalue weighted by atomic mass is 35.5. The first-order chi connectivity index (χ1) is 8.58. The molecular formula is C10H12ClN3O3S. The zero-order valence-corrected chi connectivity index (χ0v) is 11.3. The summed E-state index contributed by atoms with van der Waals surface area (Å²) in [5.41, 5.74) is 0.455. The van der Waals surface area contributed by atoms with Crippen LogP contribution in [-0.4, -0.2) is 33.9 Å². The normalized spacial score (nSPS) is 23.0. The highest BCUT2D eigenvalue weighted by molar-refractivity contribution is 7.10. The molecule has 0 bridgehead atoms. The van der Waals surface area contributed by atoms with Crippen molar-refractivity contribution in [1.82, 2.24) is 14.9 Å². The van der Waals surface area contributed by atoms with Crippen molar-refractivity contribution in [2.75, 3.05) is 6.54 Å². The molecule has 0 spiro atoms. The van der Waals surface area contributed by atoms with Gasteiger partial charge in [-0.2, -0.15) is 0 Å². The Bertz CT molecular complexity index is 465. The first-order valence-corrected chi connectivity index (χ1v) is 6.60. The predicted molar refractivity (Wildman–Crippen MR) is 65.3 cm³/mol. The lowest BCUT2D eigenvalue weighted by Crippen LogP contribution is -2.32. The van der Waals surface area contributed by atoms with Gasteiger partial charge >= 0.3 is 5.97 Å². The fraction of sp³-hybridized carbons (Fsp3) is 0.600. The van der Waals surface area contributed by atoms with E-state index >= 15 is 0 Å². The minimum Gasteiger partial charge on any atom is -0.458 e. The van der Waals surface area contributed by atoms with Crippen LogP contribution in [0, 0.1) is 5.92 Å². The smallest absolute Gasteiger partial charge is 0.323 e. The monoisotopic (exact) mass is 289 g/mol. The molecule has 1 aliphatic heterocycles. The van der Waals surface area contributed by atoms with Gasteiger partial charge in [0.1, 0.15) is 28.5 Å². The number of nitrogens with one attached hydrogen (secondary N) is 1. The van der Waals surface area contributed by atoms with Gasteiger partial charge in [-0.3, -0.25) is 9.59 Å². The molecule has 2 atom stereocenters. The van der Waals surface area contributed by atoms with E-state index in [4.69, 9.17) is 16.3 Å². The maximum Gasteiger partial charge on any atom is 0.323 e. The van der Waals surface area contributed by atoms with Crippen molar-refractivity contribution in [3.05, 3.63) is 10.0 Å². The van der Waals surface area contributed by atoms with E-state index in [1.54, 1.807) is 0 Å². The van der Waals surface area contributed by atoms with Crippen molar-refractivity contribution in [2.24, 2.45) is 5.92 Å². The van der Waals surface area contributed by atoms with Crippen molar-refractivity contribution in [2.45, 2.75) is 26.0 Å². The van der Waals surface area contributed by atoms with E-state index in [-0.39, 0.29) is 24.3 Å². The van der Waals surface area contributed by atoms with Gasteiger partial charge in [-0.1, -0.05) is 16.1 Å². The highest BCUT2D eigenvalue weighted by Gasteiger charge is 2.32. The van der Waals surface area contributed by atoms with Crippen LogP contribution in [0.15, 0.2) is 0 Å². The van der Waals surface area contributed by atoms with Gasteiger partial charge in [0.15, 0.2) is 0 Å². The Labute approximate surface area is 113 Å². The molecule has 0 amide bonds. The molecule has 8 heteroatoms. The number of hydrogen-bond donors (Lipinski definition) is 1. The summed E-state index contributed by atoms with van der Waals surface area (Å²) >= 11 is 6.83. The zero-order valence-electron chi connectivity index (χ0n) is 9.68. The topological polar surface area (TPSA) is 81.2 Å². The summed E-state index contributed by atoms with van der Waals surface area (Å²) in [6.07, 6.45) is 0.483. The van der Waals surface area contributed by atoms with E-state index in [0.717, 1.165) is 11.5 Å². The number of carbonyl (C=O) groups is 2. The highest BCUT2D eigenvalue weighted by Crippen LogP contribution is 2.19. The molecule has 1 aromatic heterocycles. The van der Waals surface area contributed by atoms with Crippen molar-refractivity contribution in [3.63, 3.8) is 0 Å². The summed E-state index contributed by atoms with van der Waals surface area (Å²) in [6.45, 7) is 2.06. The molecule has 2 heterocycles. The average molecular weight is 290 g/mol. The number of rotatable bonds is 4. The molecule has 98 valence electrons. The molecule has 2 unspecified atom stereocenters. The zero-order chi connectivity index (χ0) is 13.1. The van der Waals surface area contributed by atoms with Crippen molar-refractivity contribution >= 4 is 34.9 Å². The Hall–Kier alpha value is -1.05. The minimum atomic E-state index is -0.427. The molecule has 0 saturated carbocycles. The quantitative estimate of drug-likeness (QED) is 0.826. The summed E-state index contributed by atoms with van der Waals surface area (Å²) < 4.78 is 9.15. The standard InChI is InChI=1S/C10H12ClN3O3S/c1-5(15)6-2-7(12-3-6)10(16)17-4-8-9(11)18-14-13-8/h6-7,12H,2-4H2,1H3. The van der Waals surface area contributed by atoms with Gasteiger partial charge in [-0.15, -0.1) is 5.10 Å². The van der Waals surface area contributed by atoms with Crippen molar-refractivity contribution in [1.29, 1.82) is 0 Å². The number of carbonyl (C=O) groups excluding carboxylic acids is 2. The Morgan fingerprint density at radius 3 is 2.94 bits per heavy atom. The van der Waals surface area contributed by atoms with Gasteiger partial charge in [0.25, 0.3) is 0 Å². The third-order valence-electron chi connectivity index (χ3n) is 2.85. The Morgan fingerprint density at radius 2 is 2.39 bits per heavy atom. The second-order valence-electron chi connectivity index (χ2n) is 4.11. The number of hydrogen-bond acceptors (Lipinski definition) is 7. The van der Waals surface area contributed by atoms with Gasteiger partial charge in [0.05, 0.1) is 0 Å². The van der Waals surface area contributed by atoms with Crippen LogP contribution in [0.4, 0.5) is 0 Å². The third-order valence-corrected chi connectivity index (χ3v) is 3.84. The van der Waals surface area contributed by atoms with Gasteiger partial charge in [0.2, 0.25) is 0 Å². The molecule has 6 nitrogen and oxygen atoms in total. The Balaban J connectivity index is 1.83. The molecule has 0 radical (unpaired) electrons. The van der Waals surface area contributed by atoms with E-state index in [2.05, 4.69) is 14.9 Å². The molecular weight excluding hydrogens is 278 g/mol. The molecule has 2 rings (SSSR count). The van der Waals surface area contributed by atoms with Crippen LogP contribution in [-0.2, 0) is 20.9 Å². The van der Waals surface area contributed by atoms with Gasteiger partial charge in [0, 0.05) is 24.0 Å². The van der Waals surface area contributed by atoms with E-state index in [1.165, 1.54) is 6.92 Å². The molecule has 0 aliphatic carbocycles. The summed E-state index contributed by atoms with van der Waals surface area (Å²) in [5.74, 6) is -0.403. The van der Waals surface area contributed by atoms with Crippen LogP contribution in [0.5, 0.6) is 0 Å². The summed E-state index contributed by atoms with van der Waals surface area (Å²) in [5, 5.41) is 6.71. The molecule has 0 aromatic carbocycles. The van der Waals surface area contributed by atoms with Crippen molar-refractivity contribution in [3.8, 4) is 0 Å². The molecule has 1 aromatic rings. The lowest BCUT2D eigenvalue weighted by Gasteiger charge is -2.09. The van der Waals surface area contributed by atoms with Crippen LogP contribution in [0.2, 0.25) is 4.34 Å². The second-order valence-corrected chi connectivity index (χ2v) is 5.46. The number of nitrogens with zero attached hydrogens (tertiary/aromatic N) is 2. The number of Topliss-reactive ketones (excluding diaryl/α,β-unsaturated/α-hetero) is 1. The number of aromatic nitrogens is 2. The molecule has 18 heavy (non-hydrogen) atoms. The predicted octanol–water partition coefficient (Wildman–Crippen LogP) is 0.802. The number of esters is 1. The minimum absolute atomic E-state index is 0.0110. The molecule has 1 aliphatic rings. The SMILES string of the molecule is CC(=O)C1CNC(C(=O)OCc2nnsc2Cl)C1. The summed E-state index contributed by atoms with van der Waals surface area (Å²) in [4.78, 5) is 22.9. The fourth-order valence-corrected chi connectivity index (χ4v) is 2.35. The average Bonchev–Trinajstić information content (AvgIpc) is 2.94.